The third-order valence-electron chi connectivity index (χ3n) is 2.82. The summed E-state index contributed by atoms with van der Waals surface area (Å²) in [5, 5.41) is 5.93. The van der Waals surface area contributed by atoms with Crippen LogP contribution in [-0.4, -0.2) is 18.5 Å². The molecular weight excluding hydrogens is 207 g/mol. The van der Waals surface area contributed by atoms with Gasteiger partial charge in [-0.3, -0.25) is 4.79 Å². The van der Waals surface area contributed by atoms with Gasteiger partial charge < -0.3 is 10.6 Å². The number of carbonyl (C=O) groups excluding carboxylic acids is 1. The average Bonchev–Trinajstić information content (AvgIpc) is 2.75. The molecule has 1 fully saturated rings. The number of aryl methyl sites for hydroxylation is 1. The molecule has 2 N–H and O–H groups in total. The van der Waals surface area contributed by atoms with E-state index in [0.29, 0.717) is 5.69 Å². The average molecular weight is 222 g/mol. The third-order valence-corrected chi connectivity index (χ3v) is 2.82. The molecule has 0 spiro atoms. The summed E-state index contributed by atoms with van der Waals surface area (Å²) >= 11 is 0. The summed E-state index contributed by atoms with van der Waals surface area (Å²) in [5.41, 5.74) is 1.42. The number of hydrogen-bond donors (Lipinski definition) is 2. The minimum absolute atomic E-state index is 0.0350. The number of amides is 1. The molecule has 16 heavy (non-hydrogen) atoms. The normalized spacial score (nSPS) is 19.8. The summed E-state index contributed by atoms with van der Waals surface area (Å²) in [6.45, 7) is 2.67. The second-order valence-electron chi connectivity index (χ2n) is 4.10. The highest BCUT2D eigenvalue weighted by Crippen LogP contribution is 2.17. The fourth-order valence-electron chi connectivity index (χ4n) is 1.90. The highest BCUT2D eigenvalue weighted by atomic mass is 19.1. The second kappa shape index (κ2) is 4.61. The van der Waals surface area contributed by atoms with Crippen LogP contribution in [-0.2, 0) is 4.79 Å². The molecule has 0 saturated carbocycles. The van der Waals surface area contributed by atoms with Crippen molar-refractivity contribution in [3.63, 3.8) is 0 Å². The first-order chi connectivity index (χ1) is 7.66. The number of carbonyl (C=O) groups is 1. The molecule has 0 radical (unpaired) electrons. The highest BCUT2D eigenvalue weighted by Gasteiger charge is 2.22. The van der Waals surface area contributed by atoms with Crippen LogP contribution in [0.3, 0.4) is 0 Å². The Morgan fingerprint density at radius 1 is 1.56 bits per heavy atom. The Bertz CT molecular complexity index is 400. The molecule has 2 rings (SSSR count). The lowest BCUT2D eigenvalue weighted by Crippen LogP contribution is -2.35. The Morgan fingerprint density at radius 2 is 2.38 bits per heavy atom. The van der Waals surface area contributed by atoms with E-state index in [0.717, 1.165) is 24.9 Å². The molecule has 86 valence electrons. The van der Waals surface area contributed by atoms with E-state index in [2.05, 4.69) is 10.6 Å². The Kier molecular flexibility index (Phi) is 3.19. The second-order valence-corrected chi connectivity index (χ2v) is 4.10. The standard InChI is InChI=1S/C12H15FN2O/c1-8-7-9(13)4-5-10(8)15-12(16)11-3-2-6-14-11/h4-5,7,11,14H,2-3,6H2,1H3,(H,15,16)/t11-/m0/s1. The number of rotatable bonds is 2. The fourth-order valence-corrected chi connectivity index (χ4v) is 1.90. The molecule has 1 aliphatic rings. The molecule has 1 aromatic carbocycles. The van der Waals surface area contributed by atoms with Gasteiger partial charge in [0.2, 0.25) is 5.91 Å². The van der Waals surface area contributed by atoms with Crippen LogP contribution >= 0.6 is 0 Å². The quantitative estimate of drug-likeness (QED) is 0.801. The van der Waals surface area contributed by atoms with Crippen molar-refractivity contribution in [3.05, 3.63) is 29.6 Å². The smallest absolute Gasteiger partial charge is 0.241 e. The van der Waals surface area contributed by atoms with Crippen LogP contribution in [0, 0.1) is 12.7 Å². The van der Waals surface area contributed by atoms with Gasteiger partial charge in [0.05, 0.1) is 6.04 Å². The van der Waals surface area contributed by atoms with E-state index >= 15 is 0 Å². The van der Waals surface area contributed by atoms with E-state index < -0.39 is 0 Å². The monoisotopic (exact) mass is 222 g/mol. The molecule has 0 bridgehead atoms. The van der Waals surface area contributed by atoms with Gasteiger partial charge in [-0.1, -0.05) is 0 Å². The van der Waals surface area contributed by atoms with Gasteiger partial charge in [-0.2, -0.15) is 0 Å². The van der Waals surface area contributed by atoms with E-state index in [-0.39, 0.29) is 17.8 Å². The Labute approximate surface area is 94.0 Å². The van der Waals surface area contributed by atoms with Crippen LogP contribution in [0.5, 0.6) is 0 Å². The van der Waals surface area contributed by atoms with Crippen LogP contribution in [0.15, 0.2) is 18.2 Å². The van der Waals surface area contributed by atoms with Crippen molar-refractivity contribution in [2.45, 2.75) is 25.8 Å². The molecule has 1 aromatic rings. The summed E-state index contributed by atoms with van der Waals surface area (Å²) in [5.74, 6) is -0.318. The Morgan fingerprint density at radius 3 is 3.00 bits per heavy atom. The fraction of sp³-hybridized carbons (Fsp3) is 0.417. The summed E-state index contributed by atoms with van der Waals surface area (Å²) < 4.78 is 12.9. The topological polar surface area (TPSA) is 41.1 Å². The van der Waals surface area contributed by atoms with Crippen molar-refractivity contribution in [1.29, 1.82) is 0 Å². The molecular formula is C12H15FN2O. The molecule has 0 unspecified atom stereocenters. The molecule has 1 aliphatic heterocycles. The molecule has 3 nitrogen and oxygen atoms in total. The highest BCUT2D eigenvalue weighted by molar-refractivity contribution is 5.95. The van der Waals surface area contributed by atoms with Gasteiger partial charge in [-0.05, 0) is 50.1 Å². The zero-order valence-corrected chi connectivity index (χ0v) is 9.22. The van der Waals surface area contributed by atoms with Crippen LogP contribution < -0.4 is 10.6 Å². The van der Waals surface area contributed by atoms with Gasteiger partial charge in [0.15, 0.2) is 0 Å². The maximum atomic E-state index is 12.9. The van der Waals surface area contributed by atoms with Crippen molar-refractivity contribution in [2.24, 2.45) is 0 Å². The Balaban J connectivity index is 2.05. The van der Waals surface area contributed by atoms with Gasteiger partial charge >= 0.3 is 0 Å². The molecule has 1 atom stereocenters. The molecule has 1 saturated heterocycles. The minimum atomic E-state index is -0.283. The minimum Gasteiger partial charge on any atom is -0.324 e. The van der Waals surface area contributed by atoms with Crippen molar-refractivity contribution in [2.75, 3.05) is 11.9 Å². The first-order valence-electron chi connectivity index (χ1n) is 5.47. The Hall–Kier alpha value is -1.42. The zero-order chi connectivity index (χ0) is 11.5. The zero-order valence-electron chi connectivity index (χ0n) is 9.22. The molecule has 1 amide bonds. The number of halogens is 1. The SMILES string of the molecule is Cc1cc(F)ccc1NC(=O)[C@@H]1CCCN1. The summed E-state index contributed by atoms with van der Waals surface area (Å²) in [4.78, 5) is 11.8. The first-order valence-corrected chi connectivity index (χ1v) is 5.47. The number of hydrogen-bond acceptors (Lipinski definition) is 2. The predicted molar refractivity (Wildman–Crippen MR) is 60.8 cm³/mol. The van der Waals surface area contributed by atoms with Crippen LogP contribution in [0.4, 0.5) is 10.1 Å². The third kappa shape index (κ3) is 2.39. The lowest BCUT2D eigenvalue weighted by molar-refractivity contribution is -0.117. The van der Waals surface area contributed by atoms with E-state index in [1.54, 1.807) is 13.0 Å². The van der Waals surface area contributed by atoms with Crippen LogP contribution in [0.1, 0.15) is 18.4 Å². The van der Waals surface area contributed by atoms with Gasteiger partial charge in [0.1, 0.15) is 5.82 Å². The molecule has 1 heterocycles. The van der Waals surface area contributed by atoms with Crippen LogP contribution in [0.25, 0.3) is 0 Å². The molecule has 0 aromatic heterocycles. The van der Waals surface area contributed by atoms with E-state index in [1.807, 2.05) is 0 Å². The maximum Gasteiger partial charge on any atom is 0.241 e. The largest absolute Gasteiger partial charge is 0.324 e. The van der Waals surface area contributed by atoms with Crippen molar-refractivity contribution in [3.8, 4) is 0 Å². The van der Waals surface area contributed by atoms with Crippen molar-refractivity contribution >= 4 is 11.6 Å². The van der Waals surface area contributed by atoms with Crippen molar-refractivity contribution < 1.29 is 9.18 Å². The number of nitrogens with one attached hydrogen (secondary N) is 2. The predicted octanol–water partition coefficient (Wildman–Crippen LogP) is 1.82. The van der Waals surface area contributed by atoms with E-state index in [1.165, 1.54) is 12.1 Å². The van der Waals surface area contributed by atoms with E-state index in [4.69, 9.17) is 0 Å². The molecule has 4 heteroatoms. The van der Waals surface area contributed by atoms with Gasteiger partial charge in [0, 0.05) is 5.69 Å². The van der Waals surface area contributed by atoms with Crippen LogP contribution in [0.2, 0.25) is 0 Å². The lowest BCUT2D eigenvalue weighted by Gasteiger charge is -2.12. The first kappa shape index (κ1) is 11.1. The van der Waals surface area contributed by atoms with E-state index in [9.17, 15) is 9.18 Å². The van der Waals surface area contributed by atoms with Gasteiger partial charge in [-0.25, -0.2) is 4.39 Å². The number of anilines is 1. The summed E-state index contributed by atoms with van der Waals surface area (Å²) in [7, 11) is 0. The van der Waals surface area contributed by atoms with Gasteiger partial charge in [-0.15, -0.1) is 0 Å². The number of benzene rings is 1. The van der Waals surface area contributed by atoms with Crippen molar-refractivity contribution in [1.82, 2.24) is 5.32 Å². The van der Waals surface area contributed by atoms with Gasteiger partial charge in [0.25, 0.3) is 0 Å². The molecule has 0 aliphatic carbocycles. The maximum absolute atomic E-state index is 12.9. The summed E-state index contributed by atoms with van der Waals surface area (Å²) in [6.07, 6.45) is 1.90. The lowest BCUT2D eigenvalue weighted by atomic mass is 10.1. The summed E-state index contributed by atoms with van der Waals surface area (Å²) in [6, 6.07) is 4.25.